The Labute approximate surface area is 137 Å². The number of nitrogens with one attached hydrogen (secondary N) is 1. The van der Waals surface area contributed by atoms with Gasteiger partial charge in [0.15, 0.2) is 0 Å². The summed E-state index contributed by atoms with van der Waals surface area (Å²) in [6.07, 6.45) is 2.63. The lowest BCUT2D eigenvalue weighted by atomic mass is 10.3. The van der Waals surface area contributed by atoms with Gasteiger partial charge in [-0.3, -0.25) is 19.0 Å². The van der Waals surface area contributed by atoms with Crippen LogP contribution < -0.4 is 10.9 Å². The van der Waals surface area contributed by atoms with Crippen molar-refractivity contribution in [3.05, 3.63) is 58.2 Å². The number of hydrogen-bond acceptors (Lipinski definition) is 4. The quantitative estimate of drug-likeness (QED) is 0.884. The van der Waals surface area contributed by atoms with Crippen molar-refractivity contribution in [3.8, 4) is 0 Å². The number of halogens is 1. The fraction of sp³-hybridized carbons (Fsp3) is 0.200. The normalized spacial score (nSPS) is 10.2. The zero-order chi connectivity index (χ0) is 16.8. The van der Waals surface area contributed by atoms with E-state index in [-0.39, 0.29) is 30.5 Å². The van der Waals surface area contributed by atoms with Crippen LogP contribution in [0.5, 0.6) is 0 Å². The molecule has 7 nitrogen and oxygen atoms in total. The van der Waals surface area contributed by atoms with Gasteiger partial charge in [-0.2, -0.15) is 0 Å². The first kappa shape index (κ1) is 16.7. The molecular weight excluding hydrogens is 320 g/mol. The van der Waals surface area contributed by atoms with Crippen LogP contribution in [0.2, 0.25) is 5.02 Å². The van der Waals surface area contributed by atoms with Crippen molar-refractivity contribution < 1.29 is 9.59 Å². The van der Waals surface area contributed by atoms with Crippen LogP contribution in [0.1, 0.15) is 0 Å². The zero-order valence-electron chi connectivity index (χ0n) is 12.4. The Bertz CT molecular complexity index is 775. The molecule has 23 heavy (non-hydrogen) atoms. The number of amides is 2. The third kappa shape index (κ3) is 4.65. The van der Waals surface area contributed by atoms with Crippen LogP contribution in [0, 0.1) is 0 Å². The van der Waals surface area contributed by atoms with E-state index in [0.29, 0.717) is 10.7 Å². The summed E-state index contributed by atoms with van der Waals surface area (Å²) < 4.78 is 1.17. The maximum Gasteiger partial charge on any atom is 0.253 e. The number of para-hydroxylation sites is 1. The largest absolute Gasteiger partial charge is 0.335 e. The van der Waals surface area contributed by atoms with E-state index in [1.165, 1.54) is 35.1 Å². The van der Waals surface area contributed by atoms with Crippen molar-refractivity contribution in [3.63, 3.8) is 0 Å². The molecule has 2 amide bonds. The third-order valence-corrected chi connectivity index (χ3v) is 3.38. The number of anilines is 1. The van der Waals surface area contributed by atoms with E-state index in [1.54, 1.807) is 24.3 Å². The van der Waals surface area contributed by atoms with E-state index >= 15 is 0 Å². The summed E-state index contributed by atoms with van der Waals surface area (Å²) in [6, 6.07) is 8.07. The van der Waals surface area contributed by atoms with Crippen LogP contribution in [0.25, 0.3) is 0 Å². The number of benzene rings is 1. The predicted octanol–water partition coefficient (Wildman–Crippen LogP) is 0.994. The molecule has 0 fully saturated rings. The summed E-state index contributed by atoms with van der Waals surface area (Å²) >= 11 is 5.95. The number of likely N-dealkylation sites (N-methyl/N-ethyl adjacent to an activating group) is 1. The van der Waals surface area contributed by atoms with Crippen LogP contribution in [0.4, 0.5) is 5.69 Å². The number of carbonyl (C=O) groups excluding carboxylic acids is 2. The van der Waals surface area contributed by atoms with Gasteiger partial charge in [-0.25, -0.2) is 4.98 Å². The molecule has 1 aromatic heterocycles. The number of carbonyl (C=O) groups is 2. The highest BCUT2D eigenvalue weighted by molar-refractivity contribution is 6.33. The van der Waals surface area contributed by atoms with Gasteiger partial charge in [-0.15, -0.1) is 0 Å². The SMILES string of the molecule is CN(CC(=O)Nc1ccccc1Cl)C(=O)Cn1cnccc1=O. The minimum absolute atomic E-state index is 0.154. The maximum absolute atomic E-state index is 12.1. The molecule has 0 bridgehead atoms. The fourth-order valence-electron chi connectivity index (χ4n) is 1.82. The number of aromatic nitrogens is 2. The van der Waals surface area contributed by atoms with Crippen molar-refractivity contribution in [1.82, 2.24) is 14.5 Å². The Kier molecular flexibility index (Phi) is 5.48. The molecule has 0 radical (unpaired) electrons. The highest BCUT2D eigenvalue weighted by Crippen LogP contribution is 2.20. The van der Waals surface area contributed by atoms with Crippen molar-refractivity contribution >= 4 is 29.1 Å². The van der Waals surface area contributed by atoms with Crippen LogP contribution in [-0.2, 0) is 16.1 Å². The molecule has 0 aliphatic carbocycles. The number of nitrogens with zero attached hydrogens (tertiary/aromatic N) is 3. The first-order valence-corrected chi connectivity index (χ1v) is 7.14. The maximum atomic E-state index is 12.1. The molecule has 0 unspecified atom stereocenters. The highest BCUT2D eigenvalue weighted by Gasteiger charge is 2.14. The van der Waals surface area contributed by atoms with Gasteiger partial charge in [-0.1, -0.05) is 23.7 Å². The molecule has 0 atom stereocenters. The molecule has 2 rings (SSSR count). The van der Waals surface area contributed by atoms with Gasteiger partial charge in [0.25, 0.3) is 5.56 Å². The molecule has 0 saturated carbocycles. The molecule has 0 aliphatic heterocycles. The van der Waals surface area contributed by atoms with Crippen LogP contribution in [0.3, 0.4) is 0 Å². The molecule has 120 valence electrons. The van der Waals surface area contributed by atoms with Crippen LogP contribution in [0.15, 0.2) is 47.7 Å². The molecule has 0 saturated heterocycles. The standard InChI is InChI=1S/C15H15ClN4O3/c1-19(15(23)9-20-10-17-7-6-14(20)22)8-13(21)18-12-5-3-2-4-11(12)16/h2-7,10H,8-9H2,1H3,(H,18,21). The first-order chi connectivity index (χ1) is 11.0. The second-order valence-electron chi connectivity index (χ2n) is 4.82. The van der Waals surface area contributed by atoms with Gasteiger partial charge in [0.05, 0.1) is 23.6 Å². The average Bonchev–Trinajstić information content (AvgIpc) is 2.51. The van der Waals surface area contributed by atoms with E-state index in [1.807, 2.05) is 0 Å². The number of hydrogen-bond donors (Lipinski definition) is 1. The molecule has 1 aromatic carbocycles. The van der Waals surface area contributed by atoms with Gasteiger partial charge in [0.1, 0.15) is 6.54 Å². The van der Waals surface area contributed by atoms with Gasteiger partial charge in [0.2, 0.25) is 11.8 Å². The second kappa shape index (κ2) is 7.55. The Morgan fingerprint density at radius 2 is 2.04 bits per heavy atom. The summed E-state index contributed by atoms with van der Waals surface area (Å²) in [4.78, 5) is 40.6. The Balaban J connectivity index is 1.93. The van der Waals surface area contributed by atoms with Gasteiger partial charge in [0, 0.05) is 19.3 Å². The van der Waals surface area contributed by atoms with Gasteiger partial charge >= 0.3 is 0 Å². The molecule has 1 N–H and O–H groups in total. The topological polar surface area (TPSA) is 84.3 Å². The Hall–Kier alpha value is -2.67. The predicted molar refractivity (Wildman–Crippen MR) is 86.2 cm³/mol. The summed E-state index contributed by atoms with van der Waals surface area (Å²) in [6.45, 7) is -0.332. The molecule has 0 aliphatic rings. The van der Waals surface area contributed by atoms with E-state index in [9.17, 15) is 14.4 Å². The zero-order valence-corrected chi connectivity index (χ0v) is 13.2. The lowest BCUT2D eigenvalue weighted by Crippen LogP contribution is -2.38. The van der Waals surface area contributed by atoms with E-state index in [0.717, 1.165) is 0 Å². The minimum atomic E-state index is -0.382. The molecule has 2 aromatic rings. The second-order valence-corrected chi connectivity index (χ2v) is 5.23. The Morgan fingerprint density at radius 3 is 2.74 bits per heavy atom. The van der Waals surface area contributed by atoms with Crippen molar-refractivity contribution in [2.24, 2.45) is 0 Å². The molecule has 8 heteroatoms. The summed E-state index contributed by atoms with van der Waals surface area (Å²) in [5.41, 5.74) is 0.144. The van der Waals surface area contributed by atoms with Crippen LogP contribution in [-0.4, -0.2) is 39.9 Å². The lowest BCUT2D eigenvalue weighted by molar-refractivity contribution is -0.133. The Morgan fingerprint density at radius 1 is 1.30 bits per heavy atom. The molecular formula is C15H15ClN4O3. The van der Waals surface area contributed by atoms with Gasteiger partial charge in [-0.05, 0) is 12.1 Å². The lowest BCUT2D eigenvalue weighted by Gasteiger charge is -2.17. The van der Waals surface area contributed by atoms with Gasteiger partial charge < -0.3 is 10.2 Å². The summed E-state index contributed by atoms with van der Waals surface area (Å²) in [5.74, 6) is -0.762. The average molecular weight is 335 g/mol. The summed E-state index contributed by atoms with van der Waals surface area (Å²) in [5, 5.41) is 3.04. The van der Waals surface area contributed by atoms with Crippen molar-refractivity contribution in [2.75, 3.05) is 18.9 Å². The third-order valence-electron chi connectivity index (χ3n) is 3.05. The van der Waals surface area contributed by atoms with Crippen molar-refractivity contribution in [2.45, 2.75) is 6.54 Å². The first-order valence-electron chi connectivity index (χ1n) is 6.76. The van der Waals surface area contributed by atoms with E-state index in [4.69, 9.17) is 11.6 Å². The highest BCUT2D eigenvalue weighted by atomic mass is 35.5. The van der Waals surface area contributed by atoms with Crippen LogP contribution >= 0.6 is 11.6 Å². The monoisotopic (exact) mass is 334 g/mol. The van der Waals surface area contributed by atoms with E-state index < -0.39 is 0 Å². The minimum Gasteiger partial charge on any atom is -0.335 e. The smallest absolute Gasteiger partial charge is 0.253 e. The van der Waals surface area contributed by atoms with Crippen molar-refractivity contribution in [1.29, 1.82) is 0 Å². The molecule has 1 heterocycles. The molecule has 0 spiro atoms. The fourth-order valence-corrected chi connectivity index (χ4v) is 2.00. The summed E-state index contributed by atoms with van der Waals surface area (Å²) in [7, 11) is 1.48. The number of rotatable bonds is 5. The van der Waals surface area contributed by atoms with E-state index in [2.05, 4.69) is 10.3 Å².